The van der Waals surface area contributed by atoms with Crippen LogP contribution in [0.4, 0.5) is 0 Å². The molecule has 0 aliphatic carbocycles. The minimum absolute atomic E-state index is 0.0902. The van der Waals surface area contributed by atoms with E-state index >= 15 is 0 Å². The van der Waals surface area contributed by atoms with Crippen molar-refractivity contribution in [2.24, 2.45) is 5.73 Å². The second-order valence-electron chi connectivity index (χ2n) is 4.47. The maximum Gasteiger partial charge on any atom is 0.236 e. The van der Waals surface area contributed by atoms with Crippen molar-refractivity contribution in [3.63, 3.8) is 0 Å². The Hall–Kier alpha value is -0.650. The molecule has 0 saturated carbocycles. The molecule has 1 aliphatic rings. The second kappa shape index (κ2) is 6.18. The van der Waals surface area contributed by atoms with Gasteiger partial charge < -0.3 is 15.8 Å². The topological polar surface area (TPSA) is 67.6 Å². The molecule has 1 fully saturated rings. The SMILES string of the molecule is CC(NC(=O)[C@@H](C)N)C(C)N1CCOCC1. The number of carbonyl (C=O) groups is 1. The van der Waals surface area contributed by atoms with Gasteiger partial charge in [0.15, 0.2) is 0 Å². The molecule has 1 rings (SSSR count). The summed E-state index contributed by atoms with van der Waals surface area (Å²) < 4.78 is 5.30. The molecule has 1 saturated heterocycles. The quantitative estimate of drug-likeness (QED) is 0.686. The van der Waals surface area contributed by atoms with Crippen LogP contribution in [-0.2, 0) is 9.53 Å². The van der Waals surface area contributed by atoms with E-state index in [0.717, 1.165) is 26.3 Å². The number of nitrogens with one attached hydrogen (secondary N) is 1. The molecular formula is C11H23N3O2. The first-order valence-electron chi connectivity index (χ1n) is 5.90. The number of nitrogens with zero attached hydrogens (tertiary/aromatic N) is 1. The second-order valence-corrected chi connectivity index (χ2v) is 4.47. The van der Waals surface area contributed by atoms with Crippen molar-refractivity contribution in [3.05, 3.63) is 0 Å². The van der Waals surface area contributed by atoms with Crippen LogP contribution >= 0.6 is 0 Å². The van der Waals surface area contributed by atoms with Crippen molar-refractivity contribution < 1.29 is 9.53 Å². The number of nitrogens with two attached hydrogens (primary N) is 1. The Morgan fingerprint density at radius 1 is 1.31 bits per heavy atom. The Kier molecular flexibility index (Phi) is 5.18. The van der Waals surface area contributed by atoms with E-state index in [4.69, 9.17) is 10.5 Å². The Balaban J connectivity index is 2.39. The minimum Gasteiger partial charge on any atom is -0.379 e. The molecule has 0 aromatic rings. The molecule has 94 valence electrons. The molecule has 5 nitrogen and oxygen atoms in total. The van der Waals surface area contributed by atoms with Crippen LogP contribution in [0, 0.1) is 0 Å². The third kappa shape index (κ3) is 3.73. The van der Waals surface area contributed by atoms with Crippen LogP contribution in [0.3, 0.4) is 0 Å². The van der Waals surface area contributed by atoms with Crippen LogP contribution in [0.1, 0.15) is 20.8 Å². The lowest BCUT2D eigenvalue weighted by molar-refractivity contribution is -0.123. The molecule has 0 bridgehead atoms. The average molecular weight is 229 g/mol. The van der Waals surface area contributed by atoms with Crippen LogP contribution in [0.15, 0.2) is 0 Å². The fourth-order valence-corrected chi connectivity index (χ4v) is 1.78. The molecule has 5 heteroatoms. The Morgan fingerprint density at radius 3 is 2.38 bits per heavy atom. The summed E-state index contributed by atoms with van der Waals surface area (Å²) in [4.78, 5) is 13.8. The van der Waals surface area contributed by atoms with E-state index in [2.05, 4.69) is 17.1 Å². The van der Waals surface area contributed by atoms with E-state index in [1.807, 2.05) is 6.92 Å². The van der Waals surface area contributed by atoms with Gasteiger partial charge in [-0.25, -0.2) is 0 Å². The van der Waals surface area contributed by atoms with E-state index < -0.39 is 6.04 Å². The maximum absolute atomic E-state index is 11.5. The van der Waals surface area contributed by atoms with E-state index in [9.17, 15) is 4.79 Å². The summed E-state index contributed by atoms with van der Waals surface area (Å²) in [6.45, 7) is 9.25. The van der Waals surface area contributed by atoms with Gasteiger partial charge in [-0.2, -0.15) is 0 Å². The van der Waals surface area contributed by atoms with Crippen molar-refractivity contribution in [1.82, 2.24) is 10.2 Å². The summed E-state index contributed by atoms with van der Waals surface area (Å²) in [6, 6.07) is -0.0254. The van der Waals surface area contributed by atoms with Crippen molar-refractivity contribution in [2.45, 2.75) is 38.9 Å². The largest absolute Gasteiger partial charge is 0.379 e. The average Bonchev–Trinajstić information content (AvgIpc) is 2.28. The van der Waals surface area contributed by atoms with Gasteiger partial charge in [-0.3, -0.25) is 9.69 Å². The van der Waals surface area contributed by atoms with Gasteiger partial charge in [0.05, 0.1) is 19.3 Å². The molecule has 0 aromatic heterocycles. The molecule has 1 amide bonds. The number of morpholine rings is 1. The monoisotopic (exact) mass is 229 g/mol. The van der Waals surface area contributed by atoms with Crippen LogP contribution in [0.2, 0.25) is 0 Å². The van der Waals surface area contributed by atoms with Crippen LogP contribution in [-0.4, -0.2) is 55.2 Å². The highest BCUT2D eigenvalue weighted by atomic mass is 16.5. The molecular weight excluding hydrogens is 206 g/mol. The lowest BCUT2D eigenvalue weighted by Gasteiger charge is -2.36. The van der Waals surface area contributed by atoms with Gasteiger partial charge in [-0.1, -0.05) is 0 Å². The molecule has 0 aromatic carbocycles. The zero-order chi connectivity index (χ0) is 12.1. The predicted molar refractivity (Wildman–Crippen MR) is 63.1 cm³/mol. The van der Waals surface area contributed by atoms with Gasteiger partial charge in [0, 0.05) is 25.2 Å². The van der Waals surface area contributed by atoms with Gasteiger partial charge in [-0.05, 0) is 20.8 Å². The molecule has 16 heavy (non-hydrogen) atoms. The molecule has 0 radical (unpaired) electrons. The van der Waals surface area contributed by atoms with E-state index in [1.54, 1.807) is 6.92 Å². The summed E-state index contributed by atoms with van der Waals surface area (Å²) >= 11 is 0. The van der Waals surface area contributed by atoms with Gasteiger partial charge in [0.2, 0.25) is 5.91 Å². The smallest absolute Gasteiger partial charge is 0.236 e. The zero-order valence-electron chi connectivity index (χ0n) is 10.4. The number of amides is 1. The highest BCUT2D eigenvalue weighted by molar-refractivity contribution is 5.81. The Labute approximate surface area is 97.3 Å². The Bertz CT molecular complexity index is 227. The summed E-state index contributed by atoms with van der Waals surface area (Å²) in [5.41, 5.74) is 5.52. The van der Waals surface area contributed by atoms with E-state index in [0.29, 0.717) is 6.04 Å². The summed E-state index contributed by atoms with van der Waals surface area (Å²) in [5.74, 6) is -0.0902. The summed E-state index contributed by atoms with van der Waals surface area (Å²) in [6.07, 6.45) is 0. The van der Waals surface area contributed by atoms with Crippen LogP contribution < -0.4 is 11.1 Å². The first-order chi connectivity index (χ1) is 7.52. The zero-order valence-corrected chi connectivity index (χ0v) is 10.4. The normalized spacial score (nSPS) is 23.5. The molecule has 2 unspecified atom stereocenters. The first kappa shape index (κ1) is 13.4. The maximum atomic E-state index is 11.5. The predicted octanol–water partition coefficient (Wildman–Crippen LogP) is -0.441. The highest BCUT2D eigenvalue weighted by Gasteiger charge is 2.23. The standard InChI is InChI=1S/C11H23N3O2/c1-8(12)11(15)13-9(2)10(3)14-4-6-16-7-5-14/h8-10H,4-7,12H2,1-3H3,(H,13,15)/t8-,9?,10?/m1/s1. The first-order valence-corrected chi connectivity index (χ1v) is 5.90. The molecule has 1 heterocycles. The molecule has 3 atom stereocenters. The van der Waals surface area contributed by atoms with Crippen LogP contribution in [0.5, 0.6) is 0 Å². The van der Waals surface area contributed by atoms with Gasteiger partial charge in [0.1, 0.15) is 0 Å². The fraction of sp³-hybridized carbons (Fsp3) is 0.909. The minimum atomic E-state index is -0.445. The molecule has 3 N–H and O–H groups in total. The van der Waals surface area contributed by atoms with Gasteiger partial charge in [0.25, 0.3) is 0 Å². The summed E-state index contributed by atoms with van der Waals surface area (Å²) in [7, 11) is 0. The van der Waals surface area contributed by atoms with Crippen molar-refractivity contribution in [2.75, 3.05) is 26.3 Å². The van der Waals surface area contributed by atoms with Gasteiger partial charge in [-0.15, -0.1) is 0 Å². The fourth-order valence-electron chi connectivity index (χ4n) is 1.78. The number of rotatable bonds is 4. The molecule has 0 spiro atoms. The third-order valence-corrected chi connectivity index (χ3v) is 3.13. The van der Waals surface area contributed by atoms with Gasteiger partial charge >= 0.3 is 0 Å². The number of hydrogen-bond donors (Lipinski definition) is 2. The number of carbonyl (C=O) groups excluding carboxylic acids is 1. The van der Waals surface area contributed by atoms with Crippen molar-refractivity contribution in [1.29, 1.82) is 0 Å². The molecule has 1 aliphatic heterocycles. The number of hydrogen-bond acceptors (Lipinski definition) is 4. The lowest BCUT2D eigenvalue weighted by atomic mass is 10.1. The highest BCUT2D eigenvalue weighted by Crippen LogP contribution is 2.07. The summed E-state index contributed by atoms with van der Waals surface area (Å²) in [5, 5.41) is 2.93. The van der Waals surface area contributed by atoms with Crippen LogP contribution in [0.25, 0.3) is 0 Å². The lowest BCUT2D eigenvalue weighted by Crippen LogP contribution is -2.54. The van der Waals surface area contributed by atoms with Crippen molar-refractivity contribution >= 4 is 5.91 Å². The van der Waals surface area contributed by atoms with Crippen molar-refractivity contribution in [3.8, 4) is 0 Å². The third-order valence-electron chi connectivity index (χ3n) is 3.13. The Morgan fingerprint density at radius 2 is 1.88 bits per heavy atom. The van der Waals surface area contributed by atoms with E-state index in [-0.39, 0.29) is 11.9 Å². The van der Waals surface area contributed by atoms with E-state index in [1.165, 1.54) is 0 Å². The number of ether oxygens (including phenoxy) is 1.